The summed E-state index contributed by atoms with van der Waals surface area (Å²) in [5, 5.41) is 9.52. The Labute approximate surface area is 104 Å². The molecule has 2 heteroatoms. The molecule has 2 nitrogen and oxygen atoms in total. The van der Waals surface area contributed by atoms with E-state index < -0.39 is 0 Å². The smallest absolute Gasteiger partial charge is 0.0540 e. The lowest BCUT2D eigenvalue weighted by molar-refractivity contribution is 0.110. The molecular formula is C15H23NO. The minimum atomic E-state index is -0.0435. The van der Waals surface area contributed by atoms with Crippen LogP contribution in [0.5, 0.6) is 0 Å². The van der Waals surface area contributed by atoms with Gasteiger partial charge in [0, 0.05) is 18.8 Å². The first-order valence-corrected chi connectivity index (χ1v) is 6.77. The third kappa shape index (κ3) is 3.47. The van der Waals surface area contributed by atoms with E-state index in [2.05, 4.69) is 42.2 Å². The predicted molar refractivity (Wildman–Crippen MR) is 72.3 cm³/mol. The van der Waals surface area contributed by atoms with Crippen molar-refractivity contribution in [3.05, 3.63) is 30.3 Å². The molecule has 0 amide bonds. The van der Waals surface area contributed by atoms with Crippen LogP contribution < -0.4 is 4.90 Å². The van der Waals surface area contributed by atoms with Gasteiger partial charge in [-0.3, -0.25) is 0 Å². The number of nitrogens with zero attached hydrogens (tertiary/aromatic N) is 1. The second-order valence-corrected chi connectivity index (χ2v) is 5.05. The number of rotatable bonds is 4. The van der Waals surface area contributed by atoms with E-state index in [1.165, 1.54) is 18.5 Å². The first-order valence-electron chi connectivity index (χ1n) is 6.77. The number of aliphatic hydroxyl groups is 1. The van der Waals surface area contributed by atoms with E-state index in [0.29, 0.717) is 0 Å². The number of hydrogen-bond donors (Lipinski definition) is 1. The van der Waals surface area contributed by atoms with Gasteiger partial charge in [-0.15, -0.1) is 0 Å². The van der Waals surface area contributed by atoms with Gasteiger partial charge in [0.25, 0.3) is 0 Å². The Morgan fingerprint density at radius 1 is 1.12 bits per heavy atom. The van der Waals surface area contributed by atoms with Crippen molar-refractivity contribution in [1.29, 1.82) is 0 Å². The van der Waals surface area contributed by atoms with Crippen LogP contribution in [-0.4, -0.2) is 24.3 Å². The van der Waals surface area contributed by atoms with E-state index in [-0.39, 0.29) is 6.10 Å². The van der Waals surface area contributed by atoms with Gasteiger partial charge in [0.05, 0.1) is 6.10 Å². The van der Waals surface area contributed by atoms with Crippen LogP contribution in [0.25, 0.3) is 0 Å². The Bertz CT molecular complexity index is 317. The highest BCUT2D eigenvalue weighted by molar-refractivity contribution is 5.45. The van der Waals surface area contributed by atoms with Crippen LogP contribution in [0.1, 0.15) is 32.6 Å². The minimum absolute atomic E-state index is 0.0435. The van der Waals surface area contributed by atoms with Gasteiger partial charge >= 0.3 is 0 Å². The second kappa shape index (κ2) is 6.06. The Morgan fingerprint density at radius 3 is 2.35 bits per heavy atom. The van der Waals surface area contributed by atoms with Crippen LogP contribution in [-0.2, 0) is 0 Å². The number of para-hydroxylation sites is 1. The molecule has 0 spiro atoms. The fraction of sp³-hybridized carbons (Fsp3) is 0.600. The molecule has 1 aliphatic carbocycles. The highest BCUT2D eigenvalue weighted by Gasteiger charge is 2.21. The highest BCUT2D eigenvalue weighted by Crippen LogP contribution is 2.26. The molecule has 1 N–H and O–H groups in total. The van der Waals surface area contributed by atoms with E-state index in [4.69, 9.17) is 0 Å². The lowest BCUT2D eigenvalue weighted by Crippen LogP contribution is -2.32. The van der Waals surface area contributed by atoms with E-state index in [9.17, 15) is 5.11 Å². The van der Waals surface area contributed by atoms with Crippen LogP contribution in [0.3, 0.4) is 0 Å². The van der Waals surface area contributed by atoms with E-state index in [1.807, 2.05) is 0 Å². The quantitative estimate of drug-likeness (QED) is 0.864. The molecule has 0 heterocycles. The maximum Gasteiger partial charge on any atom is 0.0540 e. The van der Waals surface area contributed by atoms with Gasteiger partial charge in [-0.2, -0.15) is 0 Å². The van der Waals surface area contributed by atoms with E-state index in [1.54, 1.807) is 0 Å². The topological polar surface area (TPSA) is 23.5 Å². The molecule has 1 aliphatic rings. The normalized spacial score (nSPS) is 24.6. The maximum atomic E-state index is 9.52. The molecule has 0 saturated heterocycles. The van der Waals surface area contributed by atoms with Crippen molar-refractivity contribution < 1.29 is 5.11 Å². The summed E-state index contributed by atoms with van der Waals surface area (Å²) in [6.45, 7) is 4.40. The van der Waals surface area contributed by atoms with Crippen LogP contribution in [0.2, 0.25) is 0 Å². The van der Waals surface area contributed by atoms with E-state index in [0.717, 1.165) is 31.8 Å². The third-order valence-corrected chi connectivity index (χ3v) is 3.80. The van der Waals surface area contributed by atoms with Crippen molar-refractivity contribution in [2.75, 3.05) is 18.0 Å². The van der Waals surface area contributed by atoms with Crippen LogP contribution >= 0.6 is 0 Å². The van der Waals surface area contributed by atoms with Crippen molar-refractivity contribution >= 4 is 5.69 Å². The molecule has 0 aromatic heterocycles. The van der Waals surface area contributed by atoms with Crippen molar-refractivity contribution in [3.63, 3.8) is 0 Å². The number of hydrogen-bond acceptors (Lipinski definition) is 2. The molecule has 17 heavy (non-hydrogen) atoms. The van der Waals surface area contributed by atoms with Gasteiger partial charge in [-0.1, -0.05) is 18.2 Å². The Morgan fingerprint density at radius 2 is 1.76 bits per heavy atom. The van der Waals surface area contributed by atoms with Gasteiger partial charge in [0.15, 0.2) is 0 Å². The van der Waals surface area contributed by atoms with Gasteiger partial charge < -0.3 is 10.0 Å². The summed E-state index contributed by atoms with van der Waals surface area (Å²) >= 11 is 0. The second-order valence-electron chi connectivity index (χ2n) is 5.05. The molecular weight excluding hydrogens is 210 g/mol. The lowest BCUT2D eigenvalue weighted by atomic mass is 9.87. The van der Waals surface area contributed by atoms with Gasteiger partial charge in [0.2, 0.25) is 0 Å². The maximum absolute atomic E-state index is 9.52. The van der Waals surface area contributed by atoms with Crippen LogP contribution in [0.4, 0.5) is 5.69 Å². The summed E-state index contributed by atoms with van der Waals surface area (Å²) in [6, 6.07) is 10.6. The SMILES string of the molecule is CCN(CC1CCC(O)CC1)c1ccccc1. The van der Waals surface area contributed by atoms with E-state index >= 15 is 0 Å². The third-order valence-electron chi connectivity index (χ3n) is 3.80. The standard InChI is InChI=1S/C15H23NO/c1-2-16(14-6-4-3-5-7-14)12-13-8-10-15(17)11-9-13/h3-7,13,15,17H,2,8-12H2,1H3. The zero-order valence-corrected chi connectivity index (χ0v) is 10.7. The van der Waals surface area contributed by atoms with Crippen molar-refractivity contribution in [3.8, 4) is 0 Å². The molecule has 0 radical (unpaired) electrons. The summed E-state index contributed by atoms with van der Waals surface area (Å²) in [5.41, 5.74) is 1.32. The molecule has 94 valence electrons. The largest absolute Gasteiger partial charge is 0.393 e. The Hall–Kier alpha value is -1.02. The predicted octanol–water partition coefficient (Wildman–Crippen LogP) is 3.06. The van der Waals surface area contributed by atoms with Crippen molar-refractivity contribution in [2.45, 2.75) is 38.7 Å². The fourth-order valence-corrected chi connectivity index (χ4v) is 2.69. The molecule has 1 aromatic rings. The highest BCUT2D eigenvalue weighted by atomic mass is 16.3. The first kappa shape index (κ1) is 12.4. The summed E-state index contributed by atoms with van der Waals surface area (Å²) < 4.78 is 0. The summed E-state index contributed by atoms with van der Waals surface area (Å²) in [7, 11) is 0. The zero-order chi connectivity index (χ0) is 12.1. The average Bonchev–Trinajstić information content (AvgIpc) is 2.39. The van der Waals surface area contributed by atoms with Gasteiger partial charge in [-0.25, -0.2) is 0 Å². The minimum Gasteiger partial charge on any atom is -0.393 e. The molecule has 0 atom stereocenters. The zero-order valence-electron chi connectivity index (χ0n) is 10.7. The lowest BCUT2D eigenvalue weighted by Gasteiger charge is -2.32. The molecule has 1 aromatic carbocycles. The first-order chi connectivity index (χ1) is 8.29. The van der Waals surface area contributed by atoms with Crippen molar-refractivity contribution in [1.82, 2.24) is 0 Å². The van der Waals surface area contributed by atoms with Crippen LogP contribution in [0, 0.1) is 5.92 Å². The van der Waals surface area contributed by atoms with Crippen LogP contribution in [0.15, 0.2) is 30.3 Å². The van der Waals surface area contributed by atoms with Crippen molar-refractivity contribution in [2.24, 2.45) is 5.92 Å². The summed E-state index contributed by atoms with van der Waals surface area (Å²) in [5.74, 6) is 0.749. The molecule has 0 aliphatic heterocycles. The number of aliphatic hydroxyl groups excluding tert-OH is 1. The Balaban J connectivity index is 1.92. The molecule has 0 unspecified atom stereocenters. The number of anilines is 1. The molecule has 2 rings (SSSR count). The molecule has 1 saturated carbocycles. The summed E-state index contributed by atoms with van der Waals surface area (Å²) in [4.78, 5) is 2.45. The summed E-state index contributed by atoms with van der Waals surface area (Å²) in [6.07, 6.45) is 4.27. The monoisotopic (exact) mass is 233 g/mol. The molecule has 0 bridgehead atoms. The number of benzene rings is 1. The fourth-order valence-electron chi connectivity index (χ4n) is 2.69. The van der Waals surface area contributed by atoms with Gasteiger partial charge in [-0.05, 0) is 50.7 Å². The van der Waals surface area contributed by atoms with Gasteiger partial charge in [0.1, 0.15) is 0 Å². The average molecular weight is 233 g/mol. The molecule has 1 fully saturated rings. The Kier molecular flexibility index (Phi) is 4.43.